The van der Waals surface area contributed by atoms with E-state index in [0.717, 1.165) is 0 Å². The Balaban J connectivity index is 2.89. The minimum absolute atomic E-state index is 0.147. The number of aliphatic hydroxyl groups is 1. The second kappa shape index (κ2) is 6.10. The number of para-hydroxylation sites is 1. The standard InChI is InChI=1S/C12H16O5/c1-3-17-10-6-4-5-8(12(10)15)9(13)7-11(14)16-2/h4-6,9,13,15H,3,7H2,1-2H3. The molecule has 0 amide bonds. The molecule has 0 aromatic heterocycles. The van der Waals surface area contributed by atoms with Crippen molar-refractivity contribution in [2.75, 3.05) is 13.7 Å². The van der Waals surface area contributed by atoms with Crippen LogP contribution in [0.1, 0.15) is 25.0 Å². The smallest absolute Gasteiger partial charge is 0.308 e. The highest BCUT2D eigenvalue weighted by Crippen LogP contribution is 2.34. The van der Waals surface area contributed by atoms with E-state index in [1.54, 1.807) is 19.1 Å². The van der Waals surface area contributed by atoms with Gasteiger partial charge in [-0.25, -0.2) is 0 Å². The summed E-state index contributed by atoms with van der Waals surface area (Å²) < 4.78 is 9.63. The average molecular weight is 240 g/mol. The van der Waals surface area contributed by atoms with Crippen LogP contribution in [0.15, 0.2) is 18.2 Å². The molecule has 0 heterocycles. The summed E-state index contributed by atoms with van der Waals surface area (Å²) in [5, 5.41) is 19.6. The normalized spacial score (nSPS) is 11.9. The van der Waals surface area contributed by atoms with Gasteiger partial charge in [0.1, 0.15) is 0 Å². The third-order valence-corrected chi connectivity index (χ3v) is 2.28. The summed E-state index contributed by atoms with van der Waals surface area (Å²) in [7, 11) is 1.24. The first-order valence-electron chi connectivity index (χ1n) is 5.29. The van der Waals surface area contributed by atoms with Gasteiger partial charge in [-0.15, -0.1) is 0 Å². The molecule has 0 aliphatic heterocycles. The third-order valence-electron chi connectivity index (χ3n) is 2.28. The first-order valence-corrected chi connectivity index (χ1v) is 5.29. The largest absolute Gasteiger partial charge is 0.504 e. The first-order chi connectivity index (χ1) is 8.10. The van der Waals surface area contributed by atoms with E-state index in [9.17, 15) is 15.0 Å². The van der Waals surface area contributed by atoms with E-state index in [4.69, 9.17) is 4.74 Å². The number of hydrogen-bond donors (Lipinski definition) is 2. The Morgan fingerprint density at radius 3 is 2.76 bits per heavy atom. The number of hydrogen-bond acceptors (Lipinski definition) is 5. The Bertz CT molecular complexity index is 388. The number of phenols is 1. The zero-order valence-electron chi connectivity index (χ0n) is 9.84. The van der Waals surface area contributed by atoms with Gasteiger partial charge >= 0.3 is 5.97 Å². The number of esters is 1. The molecule has 0 aliphatic rings. The number of ether oxygens (including phenoxy) is 2. The molecule has 0 saturated carbocycles. The molecular formula is C12H16O5. The number of carbonyl (C=O) groups excluding carboxylic acids is 1. The maximum Gasteiger partial charge on any atom is 0.308 e. The van der Waals surface area contributed by atoms with Crippen LogP contribution in [0.4, 0.5) is 0 Å². The van der Waals surface area contributed by atoms with Crippen molar-refractivity contribution in [3.63, 3.8) is 0 Å². The minimum atomic E-state index is -1.11. The lowest BCUT2D eigenvalue weighted by Gasteiger charge is -2.14. The predicted molar refractivity (Wildman–Crippen MR) is 60.9 cm³/mol. The maximum absolute atomic E-state index is 11.0. The van der Waals surface area contributed by atoms with Gasteiger partial charge in [0.2, 0.25) is 0 Å². The molecule has 0 spiro atoms. The molecule has 0 fully saturated rings. The monoisotopic (exact) mass is 240 g/mol. The van der Waals surface area contributed by atoms with Gasteiger partial charge in [0, 0.05) is 5.56 Å². The lowest BCUT2D eigenvalue weighted by atomic mass is 10.1. The maximum atomic E-state index is 11.0. The summed E-state index contributed by atoms with van der Waals surface area (Å²) in [4.78, 5) is 11.0. The van der Waals surface area contributed by atoms with Crippen molar-refractivity contribution in [1.82, 2.24) is 0 Å². The fourth-order valence-corrected chi connectivity index (χ4v) is 1.43. The van der Waals surface area contributed by atoms with Gasteiger partial charge in [0.25, 0.3) is 0 Å². The lowest BCUT2D eigenvalue weighted by Crippen LogP contribution is -2.08. The number of methoxy groups -OCH3 is 1. The van der Waals surface area contributed by atoms with Crippen molar-refractivity contribution in [2.45, 2.75) is 19.4 Å². The van der Waals surface area contributed by atoms with Crippen molar-refractivity contribution < 1.29 is 24.5 Å². The molecule has 0 aliphatic carbocycles. The van der Waals surface area contributed by atoms with Gasteiger partial charge in [-0.05, 0) is 13.0 Å². The van der Waals surface area contributed by atoms with E-state index < -0.39 is 12.1 Å². The van der Waals surface area contributed by atoms with Gasteiger partial charge in [-0.2, -0.15) is 0 Å². The fraction of sp³-hybridized carbons (Fsp3) is 0.417. The van der Waals surface area contributed by atoms with Crippen LogP contribution in [0.3, 0.4) is 0 Å². The summed E-state index contributed by atoms with van der Waals surface area (Å²) >= 11 is 0. The van der Waals surface area contributed by atoms with Crippen molar-refractivity contribution in [1.29, 1.82) is 0 Å². The van der Waals surface area contributed by atoms with E-state index in [1.165, 1.54) is 13.2 Å². The second-order valence-corrected chi connectivity index (χ2v) is 3.42. The Morgan fingerprint density at radius 1 is 1.47 bits per heavy atom. The molecule has 94 valence electrons. The van der Waals surface area contributed by atoms with Gasteiger partial charge in [0.15, 0.2) is 11.5 Å². The first kappa shape index (κ1) is 13.3. The highest BCUT2D eigenvalue weighted by atomic mass is 16.5. The van der Waals surface area contributed by atoms with Crippen LogP contribution in [0.2, 0.25) is 0 Å². The molecule has 1 rings (SSSR count). The highest BCUT2D eigenvalue weighted by molar-refractivity contribution is 5.70. The van der Waals surface area contributed by atoms with Crippen LogP contribution in [0, 0.1) is 0 Å². The zero-order valence-corrected chi connectivity index (χ0v) is 9.84. The molecule has 1 unspecified atom stereocenters. The van der Waals surface area contributed by atoms with Gasteiger partial charge in [-0.1, -0.05) is 12.1 Å². The van der Waals surface area contributed by atoms with Crippen LogP contribution in [-0.2, 0) is 9.53 Å². The average Bonchev–Trinajstić information content (AvgIpc) is 2.31. The molecule has 1 aromatic carbocycles. The van der Waals surface area contributed by atoms with Crippen molar-refractivity contribution in [3.8, 4) is 11.5 Å². The minimum Gasteiger partial charge on any atom is -0.504 e. The second-order valence-electron chi connectivity index (χ2n) is 3.42. The van der Waals surface area contributed by atoms with E-state index in [0.29, 0.717) is 6.61 Å². The molecule has 0 bridgehead atoms. The third kappa shape index (κ3) is 3.35. The number of rotatable bonds is 5. The van der Waals surface area contributed by atoms with Crippen LogP contribution in [0.25, 0.3) is 0 Å². The van der Waals surface area contributed by atoms with Crippen LogP contribution in [-0.4, -0.2) is 29.9 Å². The Labute approximate surface area is 99.6 Å². The van der Waals surface area contributed by atoms with Gasteiger partial charge < -0.3 is 19.7 Å². The van der Waals surface area contributed by atoms with Gasteiger partial charge in [0.05, 0.1) is 26.2 Å². The summed E-state index contributed by atoms with van der Waals surface area (Å²) in [6.07, 6.45) is -1.32. The topological polar surface area (TPSA) is 76.0 Å². The number of aliphatic hydroxyl groups excluding tert-OH is 1. The van der Waals surface area contributed by atoms with E-state index in [1.807, 2.05) is 0 Å². The molecule has 1 atom stereocenters. The number of phenolic OH excluding ortho intramolecular Hbond substituents is 1. The Morgan fingerprint density at radius 2 is 2.18 bits per heavy atom. The quantitative estimate of drug-likeness (QED) is 0.760. The van der Waals surface area contributed by atoms with E-state index in [-0.39, 0.29) is 23.5 Å². The molecule has 2 N–H and O–H groups in total. The molecule has 17 heavy (non-hydrogen) atoms. The number of benzene rings is 1. The molecule has 5 heteroatoms. The van der Waals surface area contributed by atoms with Gasteiger partial charge in [-0.3, -0.25) is 4.79 Å². The predicted octanol–water partition coefficient (Wildman–Crippen LogP) is 1.39. The summed E-state index contributed by atoms with van der Waals surface area (Å²) in [5.41, 5.74) is 0.251. The Hall–Kier alpha value is -1.75. The molecule has 1 aromatic rings. The lowest BCUT2D eigenvalue weighted by molar-refractivity contribution is -0.142. The molecular weight excluding hydrogens is 224 g/mol. The Kier molecular flexibility index (Phi) is 4.78. The highest BCUT2D eigenvalue weighted by Gasteiger charge is 2.18. The summed E-state index contributed by atoms with van der Waals surface area (Å²) in [6.45, 7) is 2.20. The summed E-state index contributed by atoms with van der Waals surface area (Å²) in [6, 6.07) is 4.76. The van der Waals surface area contributed by atoms with E-state index in [2.05, 4.69) is 4.74 Å². The van der Waals surface area contributed by atoms with Crippen molar-refractivity contribution in [2.24, 2.45) is 0 Å². The SMILES string of the molecule is CCOc1cccc(C(O)CC(=O)OC)c1O. The van der Waals surface area contributed by atoms with E-state index >= 15 is 0 Å². The van der Waals surface area contributed by atoms with Crippen LogP contribution >= 0.6 is 0 Å². The summed E-state index contributed by atoms with van der Waals surface area (Å²) in [5.74, 6) is -0.404. The fourth-order valence-electron chi connectivity index (χ4n) is 1.43. The van der Waals surface area contributed by atoms with Crippen LogP contribution < -0.4 is 4.74 Å². The molecule has 0 radical (unpaired) electrons. The zero-order chi connectivity index (χ0) is 12.8. The molecule has 0 saturated heterocycles. The number of carbonyl (C=O) groups is 1. The number of aromatic hydroxyl groups is 1. The van der Waals surface area contributed by atoms with Crippen molar-refractivity contribution in [3.05, 3.63) is 23.8 Å². The molecule has 5 nitrogen and oxygen atoms in total. The van der Waals surface area contributed by atoms with Crippen LogP contribution in [0.5, 0.6) is 11.5 Å². The van der Waals surface area contributed by atoms with Crippen molar-refractivity contribution >= 4 is 5.97 Å².